The average Bonchev–Trinajstić information content (AvgIpc) is 2.23. The van der Waals surface area contributed by atoms with Crippen molar-refractivity contribution in [1.29, 1.82) is 0 Å². The molecule has 0 radical (unpaired) electrons. The Bertz CT molecular complexity index is 374. The molecular formula is C18H26. The van der Waals surface area contributed by atoms with Crippen LogP contribution in [0.15, 0.2) is 36.4 Å². The van der Waals surface area contributed by atoms with E-state index in [1.165, 1.54) is 11.1 Å². The van der Waals surface area contributed by atoms with Gasteiger partial charge in [-0.3, -0.25) is 0 Å². The van der Waals surface area contributed by atoms with Gasteiger partial charge in [-0.1, -0.05) is 90.1 Å². The summed E-state index contributed by atoms with van der Waals surface area (Å²) < 4.78 is 0. The van der Waals surface area contributed by atoms with Gasteiger partial charge >= 0.3 is 0 Å². The van der Waals surface area contributed by atoms with Crippen LogP contribution in [0.1, 0.15) is 52.7 Å². The van der Waals surface area contributed by atoms with E-state index in [4.69, 9.17) is 0 Å². The fourth-order valence-corrected chi connectivity index (χ4v) is 1.41. The van der Waals surface area contributed by atoms with Gasteiger partial charge in [0.15, 0.2) is 0 Å². The largest absolute Gasteiger partial charge is 0.0785 e. The van der Waals surface area contributed by atoms with Crippen LogP contribution in [0.3, 0.4) is 0 Å². The quantitative estimate of drug-likeness (QED) is 0.614. The van der Waals surface area contributed by atoms with Crippen molar-refractivity contribution in [2.45, 2.75) is 41.5 Å². The summed E-state index contributed by atoms with van der Waals surface area (Å²) in [5, 5.41) is 0. The topological polar surface area (TPSA) is 0 Å². The average molecular weight is 242 g/mol. The van der Waals surface area contributed by atoms with E-state index in [1.807, 2.05) is 0 Å². The fourth-order valence-electron chi connectivity index (χ4n) is 1.41. The highest BCUT2D eigenvalue weighted by Crippen LogP contribution is 2.19. The van der Waals surface area contributed by atoms with E-state index in [-0.39, 0.29) is 10.8 Å². The zero-order valence-electron chi connectivity index (χ0n) is 12.6. The smallest absolute Gasteiger partial charge is 0.0200 e. The first-order valence-corrected chi connectivity index (χ1v) is 6.64. The third-order valence-corrected chi connectivity index (χ3v) is 2.49. The molecule has 18 heavy (non-hydrogen) atoms. The molecule has 1 rings (SSSR count). The summed E-state index contributed by atoms with van der Waals surface area (Å²) in [6.07, 6.45) is 8.87. The minimum Gasteiger partial charge on any atom is -0.0785 e. The lowest BCUT2D eigenvalue weighted by Crippen LogP contribution is -1.98. The van der Waals surface area contributed by atoms with Gasteiger partial charge in [0.2, 0.25) is 0 Å². The molecule has 0 spiro atoms. The molecule has 0 heteroatoms. The molecule has 0 aliphatic rings. The van der Waals surface area contributed by atoms with Crippen molar-refractivity contribution in [2.24, 2.45) is 10.8 Å². The predicted molar refractivity (Wildman–Crippen MR) is 83.4 cm³/mol. The Morgan fingerprint density at radius 1 is 0.611 bits per heavy atom. The van der Waals surface area contributed by atoms with Gasteiger partial charge in [0.05, 0.1) is 0 Å². The summed E-state index contributed by atoms with van der Waals surface area (Å²) in [6.45, 7) is 13.3. The molecule has 1 aromatic carbocycles. The van der Waals surface area contributed by atoms with Gasteiger partial charge in [-0.2, -0.15) is 0 Å². The molecule has 0 aliphatic carbocycles. The van der Waals surface area contributed by atoms with Gasteiger partial charge in [0.25, 0.3) is 0 Å². The normalized spacial score (nSPS) is 13.7. The van der Waals surface area contributed by atoms with Crippen molar-refractivity contribution in [1.82, 2.24) is 0 Å². The van der Waals surface area contributed by atoms with Crippen molar-refractivity contribution >= 4 is 12.2 Å². The van der Waals surface area contributed by atoms with E-state index in [1.54, 1.807) is 0 Å². The van der Waals surface area contributed by atoms with Crippen LogP contribution in [-0.2, 0) is 0 Å². The maximum atomic E-state index is 2.24. The second-order valence-corrected chi connectivity index (χ2v) is 7.07. The molecule has 1 aromatic rings. The Balaban J connectivity index is 2.75. The van der Waals surface area contributed by atoms with Crippen molar-refractivity contribution in [2.75, 3.05) is 0 Å². The van der Waals surface area contributed by atoms with Gasteiger partial charge in [-0.15, -0.1) is 0 Å². The number of benzene rings is 1. The van der Waals surface area contributed by atoms with Crippen LogP contribution >= 0.6 is 0 Å². The van der Waals surface area contributed by atoms with Crippen LogP contribution in [0.4, 0.5) is 0 Å². The molecule has 0 amide bonds. The van der Waals surface area contributed by atoms with Crippen LogP contribution in [0.2, 0.25) is 0 Å². The lowest BCUT2D eigenvalue weighted by Gasteiger charge is -2.11. The number of allylic oxidation sites excluding steroid dienone is 2. The van der Waals surface area contributed by atoms with Crippen LogP contribution in [0.5, 0.6) is 0 Å². The van der Waals surface area contributed by atoms with Gasteiger partial charge in [0, 0.05) is 0 Å². The molecule has 0 heterocycles. The summed E-state index contributed by atoms with van der Waals surface area (Å²) >= 11 is 0. The monoisotopic (exact) mass is 242 g/mol. The van der Waals surface area contributed by atoms with Crippen molar-refractivity contribution in [3.63, 3.8) is 0 Å². The Morgan fingerprint density at radius 2 is 0.889 bits per heavy atom. The first kappa shape index (κ1) is 14.8. The molecule has 0 aliphatic heterocycles. The van der Waals surface area contributed by atoms with Crippen LogP contribution in [-0.4, -0.2) is 0 Å². The van der Waals surface area contributed by atoms with E-state index >= 15 is 0 Å². The Labute approximate surface area is 112 Å². The first-order valence-electron chi connectivity index (χ1n) is 6.64. The summed E-state index contributed by atoms with van der Waals surface area (Å²) in [7, 11) is 0. The SMILES string of the molecule is CC(C)(C)C=Cc1ccc(C=CC(C)(C)C)cc1. The van der Waals surface area contributed by atoms with Gasteiger partial charge in [-0.25, -0.2) is 0 Å². The van der Waals surface area contributed by atoms with Crippen LogP contribution < -0.4 is 0 Å². The standard InChI is InChI=1S/C18H26/c1-17(2,3)13-11-15-7-9-16(10-8-15)12-14-18(4,5)6/h7-14H,1-6H3. The van der Waals surface area contributed by atoms with E-state index in [0.717, 1.165) is 0 Å². The molecule has 0 aromatic heterocycles. The molecule has 0 fully saturated rings. The minimum absolute atomic E-state index is 0.241. The molecular weight excluding hydrogens is 216 g/mol. The third-order valence-electron chi connectivity index (χ3n) is 2.49. The van der Waals surface area contributed by atoms with Gasteiger partial charge in [0.1, 0.15) is 0 Å². The third kappa shape index (κ3) is 6.44. The maximum Gasteiger partial charge on any atom is -0.0200 e. The van der Waals surface area contributed by atoms with E-state index < -0.39 is 0 Å². The van der Waals surface area contributed by atoms with Crippen molar-refractivity contribution in [3.8, 4) is 0 Å². The van der Waals surface area contributed by atoms with Gasteiger partial charge < -0.3 is 0 Å². The summed E-state index contributed by atoms with van der Waals surface area (Å²) in [5.74, 6) is 0. The molecule has 98 valence electrons. The van der Waals surface area contributed by atoms with Crippen LogP contribution in [0, 0.1) is 10.8 Å². The molecule has 0 atom stereocenters. The highest BCUT2D eigenvalue weighted by molar-refractivity contribution is 5.56. The molecule has 0 saturated heterocycles. The van der Waals surface area contributed by atoms with Crippen molar-refractivity contribution < 1.29 is 0 Å². The highest BCUT2D eigenvalue weighted by atomic mass is 14.1. The zero-order valence-corrected chi connectivity index (χ0v) is 12.6. The summed E-state index contributed by atoms with van der Waals surface area (Å²) in [5.41, 5.74) is 3.01. The van der Waals surface area contributed by atoms with Gasteiger partial charge in [-0.05, 0) is 22.0 Å². The second kappa shape index (κ2) is 5.56. The lowest BCUT2D eigenvalue weighted by molar-refractivity contribution is 0.546. The highest BCUT2D eigenvalue weighted by Gasteiger charge is 2.04. The molecule has 0 nitrogen and oxygen atoms in total. The van der Waals surface area contributed by atoms with E-state index in [2.05, 4.69) is 90.1 Å². The number of hydrogen-bond acceptors (Lipinski definition) is 0. The minimum atomic E-state index is 0.241. The molecule has 0 N–H and O–H groups in total. The van der Waals surface area contributed by atoms with E-state index in [0.29, 0.717) is 0 Å². The van der Waals surface area contributed by atoms with E-state index in [9.17, 15) is 0 Å². The predicted octanol–water partition coefficient (Wildman–Crippen LogP) is 5.81. The molecule has 0 bridgehead atoms. The lowest BCUT2D eigenvalue weighted by atomic mass is 9.94. The van der Waals surface area contributed by atoms with Crippen LogP contribution in [0.25, 0.3) is 12.2 Å². The Morgan fingerprint density at radius 3 is 1.11 bits per heavy atom. The maximum absolute atomic E-state index is 2.24. The first-order chi connectivity index (χ1) is 8.16. The molecule has 0 saturated carbocycles. The Kier molecular flexibility index (Phi) is 4.56. The fraction of sp³-hybridized carbons (Fsp3) is 0.444. The molecule has 0 unspecified atom stereocenters. The number of hydrogen-bond donors (Lipinski definition) is 0. The summed E-state index contributed by atoms with van der Waals surface area (Å²) in [4.78, 5) is 0. The second-order valence-electron chi connectivity index (χ2n) is 7.07. The van der Waals surface area contributed by atoms with Crippen molar-refractivity contribution in [3.05, 3.63) is 47.5 Å². The number of rotatable bonds is 2. The Hall–Kier alpha value is -1.30. The summed E-state index contributed by atoms with van der Waals surface area (Å²) in [6, 6.07) is 8.68. The zero-order chi connectivity index (χ0) is 13.8.